The van der Waals surface area contributed by atoms with Crippen LogP contribution in [0.15, 0.2) is 24.3 Å². The molecule has 0 heterocycles. The van der Waals surface area contributed by atoms with Crippen LogP contribution >= 0.6 is 36.6 Å². The van der Waals surface area contributed by atoms with Crippen LogP contribution in [0.4, 0.5) is 11.4 Å². The lowest BCUT2D eigenvalue weighted by Gasteiger charge is -2.26. The van der Waals surface area contributed by atoms with E-state index in [0.717, 1.165) is 0 Å². The number of carbonyl (C=O) groups is 2. The Bertz CT molecular complexity index is 1040. The highest BCUT2D eigenvalue weighted by Crippen LogP contribution is 2.41. The van der Waals surface area contributed by atoms with E-state index in [0.29, 0.717) is 67.5 Å². The van der Waals surface area contributed by atoms with Gasteiger partial charge in [0.05, 0.1) is 29.9 Å². The topological polar surface area (TPSA) is 143 Å². The van der Waals surface area contributed by atoms with E-state index in [4.69, 9.17) is 10.2 Å². The van der Waals surface area contributed by atoms with E-state index in [1.165, 1.54) is 17.8 Å². The van der Waals surface area contributed by atoms with Gasteiger partial charge in [0, 0.05) is 62.0 Å². The van der Waals surface area contributed by atoms with Crippen LogP contribution in [0.5, 0.6) is 5.75 Å². The van der Waals surface area contributed by atoms with Gasteiger partial charge in [0.2, 0.25) is 0 Å². The Morgan fingerprint density at radius 1 is 0.694 bits per heavy atom. The molecule has 1 aliphatic rings. The fourth-order valence-electron chi connectivity index (χ4n) is 4.00. The van der Waals surface area contributed by atoms with Gasteiger partial charge in [0.1, 0.15) is 5.75 Å². The molecule has 9 nitrogen and oxygen atoms in total. The SMILES string of the molecule is CSCc1ccc(O)c2c1C(=O)c1c(NCCNCCO)ccc(NCCNCCO)c1C2=O.Cl.Cl. The number of fused-ring (bicyclic) bond motifs is 2. The average molecular weight is 562 g/mol. The summed E-state index contributed by atoms with van der Waals surface area (Å²) in [5.41, 5.74) is 2.62. The number of aliphatic hydroxyl groups excluding tert-OH is 2. The normalized spacial score (nSPS) is 11.8. The molecule has 0 fully saturated rings. The van der Waals surface area contributed by atoms with Crippen molar-refractivity contribution in [3.05, 3.63) is 52.1 Å². The van der Waals surface area contributed by atoms with Crippen LogP contribution in [0.3, 0.4) is 0 Å². The van der Waals surface area contributed by atoms with Crippen molar-refractivity contribution in [3.8, 4) is 5.75 Å². The summed E-state index contributed by atoms with van der Waals surface area (Å²) in [6.07, 6.45) is 1.92. The number of nitrogens with one attached hydrogen (secondary N) is 4. The number of phenols is 1. The highest BCUT2D eigenvalue weighted by atomic mass is 35.5. The molecule has 0 spiro atoms. The predicted octanol–water partition coefficient (Wildman–Crippen LogP) is 1.86. The summed E-state index contributed by atoms with van der Waals surface area (Å²) in [5.74, 6) is -0.347. The first-order valence-corrected chi connectivity index (χ1v) is 12.7. The largest absolute Gasteiger partial charge is 0.507 e. The van der Waals surface area contributed by atoms with Crippen molar-refractivity contribution in [2.24, 2.45) is 0 Å². The molecule has 200 valence electrons. The van der Waals surface area contributed by atoms with Gasteiger partial charge in [-0.1, -0.05) is 6.07 Å². The third kappa shape index (κ3) is 7.25. The highest BCUT2D eigenvalue weighted by molar-refractivity contribution is 7.97. The zero-order valence-electron chi connectivity index (χ0n) is 20.1. The van der Waals surface area contributed by atoms with Crippen LogP contribution in [0.1, 0.15) is 37.4 Å². The maximum atomic E-state index is 13.8. The minimum atomic E-state index is -0.391. The van der Waals surface area contributed by atoms with E-state index in [1.807, 2.05) is 6.26 Å². The maximum Gasteiger partial charge on any atom is 0.200 e. The van der Waals surface area contributed by atoms with E-state index in [1.54, 1.807) is 18.2 Å². The first-order chi connectivity index (χ1) is 16.5. The average Bonchev–Trinajstić information content (AvgIpc) is 2.83. The molecule has 36 heavy (non-hydrogen) atoms. The van der Waals surface area contributed by atoms with Gasteiger partial charge >= 0.3 is 0 Å². The number of aliphatic hydroxyl groups is 2. The van der Waals surface area contributed by atoms with Crippen molar-refractivity contribution >= 4 is 59.5 Å². The summed E-state index contributed by atoms with van der Waals surface area (Å²) in [4.78, 5) is 27.5. The molecule has 0 aliphatic heterocycles. The van der Waals surface area contributed by atoms with Crippen LogP contribution in [-0.2, 0) is 5.75 Å². The van der Waals surface area contributed by atoms with Gasteiger partial charge in [0.15, 0.2) is 11.6 Å². The van der Waals surface area contributed by atoms with Crippen molar-refractivity contribution in [1.29, 1.82) is 0 Å². The molecule has 0 saturated carbocycles. The molecule has 0 unspecified atom stereocenters. The zero-order valence-corrected chi connectivity index (χ0v) is 22.5. The second-order valence-corrected chi connectivity index (χ2v) is 8.66. The minimum Gasteiger partial charge on any atom is -0.507 e. The standard InChI is InChI=1S/C24H32N4O5S.2ClH/c1-34-14-15-2-5-18(31)22-19(15)23(32)20-16(27-8-6-25-10-12-29)3-4-17(21(20)24(22)33)28-9-7-26-11-13-30;;/h2-5,25-31H,6-14H2,1H3;2*1H. The van der Waals surface area contributed by atoms with Crippen molar-refractivity contribution in [2.75, 3.05) is 69.4 Å². The number of anilines is 2. The second kappa shape index (κ2) is 15.9. The molecule has 2 aromatic rings. The molecular weight excluding hydrogens is 527 g/mol. The van der Waals surface area contributed by atoms with Gasteiger partial charge < -0.3 is 36.6 Å². The molecule has 0 aromatic heterocycles. The Balaban J connectivity index is 0.00000324. The lowest BCUT2D eigenvalue weighted by molar-refractivity contribution is 0.0977. The molecular formula is C24H34Cl2N4O5S. The van der Waals surface area contributed by atoms with Gasteiger partial charge in [-0.2, -0.15) is 11.8 Å². The van der Waals surface area contributed by atoms with Crippen LogP contribution in [0.2, 0.25) is 0 Å². The number of halogens is 2. The molecule has 1 aliphatic carbocycles. The summed E-state index contributed by atoms with van der Waals surface area (Å²) >= 11 is 1.54. The molecule has 0 amide bonds. The van der Waals surface area contributed by atoms with E-state index < -0.39 is 5.78 Å². The Morgan fingerprint density at radius 2 is 1.19 bits per heavy atom. The van der Waals surface area contributed by atoms with E-state index in [9.17, 15) is 14.7 Å². The molecule has 3 rings (SSSR count). The number of ketones is 2. The lowest BCUT2D eigenvalue weighted by atomic mass is 9.80. The summed E-state index contributed by atoms with van der Waals surface area (Å²) in [7, 11) is 0. The van der Waals surface area contributed by atoms with Crippen molar-refractivity contribution in [3.63, 3.8) is 0 Å². The lowest BCUT2D eigenvalue weighted by Crippen LogP contribution is -2.29. The number of rotatable bonds is 14. The summed E-state index contributed by atoms with van der Waals surface area (Å²) in [5, 5.41) is 41.0. The third-order valence-corrected chi connectivity index (χ3v) is 6.09. The third-order valence-electron chi connectivity index (χ3n) is 5.49. The smallest absolute Gasteiger partial charge is 0.200 e. The molecule has 7 N–H and O–H groups in total. The van der Waals surface area contributed by atoms with Crippen LogP contribution < -0.4 is 21.3 Å². The quantitative estimate of drug-likeness (QED) is 0.146. The van der Waals surface area contributed by atoms with Gasteiger partial charge in [-0.05, 0) is 30.0 Å². The number of hydrogen-bond acceptors (Lipinski definition) is 10. The second-order valence-electron chi connectivity index (χ2n) is 7.80. The Kier molecular flexibility index (Phi) is 14.2. The summed E-state index contributed by atoms with van der Waals surface area (Å²) in [6.45, 7) is 3.11. The summed E-state index contributed by atoms with van der Waals surface area (Å²) < 4.78 is 0. The fourth-order valence-corrected chi connectivity index (χ4v) is 4.55. The fraction of sp³-hybridized carbons (Fsp3) is 0.417. The number of carbonyl (C=O) groups excluding carboxylic acids is 2. The number of phenolic OH excluding ortho intramolecular Hbond substituents is 1. The zero-order chi connectivity index (χ0) is 24.5. The van der Waals surface area contributed by atoms with Gasteiger partial charge in [-0.3, -0.25) is 9.59 Å². The molecule has 0 saturated heterocycles. The Morgan fingerprint density at radius 3 is 1.67 bits per heavy atom. The molecule has 0 radical (unpaired) electrons. The van der Waals surface area contributed by atoms with Crippen molar-refractivity contribution in [2.45, 2.75) is 5.75 Å². The highest BCUT2D eigenvalue weighted by Gasteiger charge is 2.37. The van der Waals surface area contributed by atoms with E-state index in [2.05, 4.69) is 21.3 Å². The molecule has 0 bridgehead atoms. The van der Waals surface area contributed by atoms with E-state index >= 15 is 0 Å². The Hall–Kier alpha value is -2.05. The van der Waals surface area contributed by atoms with Gasteiger partial charge in [-0.15, -0.1) is 24.8 Å². The summed E-state index contributed by atoms with van der Waals surface area (Å²) in [6, 6.07) is 6.71. The predicted molar refractivity (Wildman–Crippen MR) is 150 cm³/mol. The minimum absolute atomic E-state index is 0. The van der Waals surface area contributed by atoms with Crippen molar-refractivity contribution in [1.82, 2.24) is 10.6 Å². The Labute approximate surface area is 227 Å². The van der Waals surface area contributed by atoms with Gasteiger partial charge in [-0.25, -0.2) is 0 Å². The van der Waals surface area contributed by atoms with Crippen LogP contribution in [-0.4, -0.2) is 85.6 Å². The molecule has 12 heteroatoms. The maximum absolute atomic E-state index is 13.8. The van der Waals surface area contributed by atoms with Gasteiger partial charge in [0.25, 0.3) is 0 Å². The van der Waals surface area contributed by atoms with Crippen molar-refractivity contribution < 1.29 is 24.9 Å². The van der Waals surface area contributed by atoms with Crippen LogP contribution in [0.25, 0.3) is 0 Å². The number of aromatic hydroxyl groups is 1. The number of thioether (sulfide) groups is 1. The first kappa shape index (κ1) is 32.0. The molecule has 0 atom stereocenters. The first-order valence-electron chi connectivity index (χ1n) is 11.3. The number of benzene rings is 2. The molecule has 2 aromatic carbocycles. The van der Waals surface area contributed by atoms with Crippen LogP contribution in [0, 0.1) is 0 Å². The number of hydrogen-bond donors (Lipinski definition) is 7. The monoisotopic (exact) mass is 560 g/mol. The van der Waals surface area contributed by atoms with E-state index in [-0.39, 0.29) is 66.3 Å².